The van der Waals surface area contributed by atoms with E-state index >= 15 is 0 Å². The van der Waals surface area contributed by atoms with E-state index in [1.807, 2.05) is 11.8 Å². The third kappa shape index (κ3) is 1.97. The molecule has 0 fully saturated rings. The molecule has 1 aliphatic rings. The molecule has 1 heterocycles. The molecule has 0 N–H and O–H groups in total. The second kappa shape index (κ2) is 3.90. The Morgan fingerprint density at radius 3 is 2.45 bits per heavy atom. The van der Waals surface area contributed by atoms with Crippen molar-refractivity contribution < 1.29 is 0 Å². The minimum absolute atomic E-state index is 0.467. The lowest BCUT2D eigenvalue weighted by Gasteiger charge is -2.36. The molecule has 0 amide bonds. The summed E-state index contributed by atoms with van der Waals surface area (Å²) in [6, 6.07) is 0. The molecule has 64 valence electrons. The van der Waals surface area contributed by atoms with Gasteiger partial charge in [0.05, 0.1) is 4.08 Å². The fourth-order valence-electron chi connectivity index (χ4n) is 1.34. The first-order valence-corrected chi connectivity index (χ1v) is 6.26. The highest BCUT2D eigenvalue weighted by Crippen LogP contribution is 2.47. The SMILES string of the molecule is CSC1(C(C)C)CC=CCS1. The van der Waals surface area contributed by atoms with Gasteiger partial charge in [0.2, 0.25) is 0 Å². The van der Waals surface area contributed by atoms with Gasteiger partial charge in [-0.05, 0) is 18.6 Å². The van der Waals surface area contributed by atoms with Crippen LogP contribution in [0.1, 0.15) is 20.3 Å². The largest absolute Gasteiger partial charge is 0.147 e. The maximum atomic E-state index is 2.33. The van der Waals surface area contributed by atoms with Crippen LogP contribution in [0, 0.1) is 5.92 Å². The summed E-state index contributed by atoms with van der Waals surface area (Å²) in [7, 11) is 0. The highest BCUT2D eigenvalue weighted by Gasteiger charge is 2.33. The Labute approximate surface area is 78.2 Å². The van der Waals surface area contributed by atoms with E-state index < -0.39 is 0 Å². The van der Waals surface area contributed by atoms with Crippen molar-refractivity contribution in [1.82, 2.24) is 0 Å². The van der Waals surface area contributed by atoms with Crippen LogP contribution in [0.2, 0.25) is 0 Å². The van der Waals surface area contributed by atoms with Crippen LogP contribution in [0.4, 0.5) is 0 Å². The molecule has 1 aliphatic heterocycles. The molecule has 0 aromatic carbocycles. The van der Waals surface area contributed by atoms with Gasteiger partial charge >= 0.3 is 0 Å². The first kappa shape index (κ1) is 9.53. The van der Waals surface area contributed by atoms with Gasteiger partial charge in [-0.15, -0.1) is 23.5 Å². The molecule has 0 aliphatic carbocycles. The van der Waals surface area contributed by atoms with E-state index in [4.69, 9.17) is 0 Å². The summed E-state index contributed by atoms with van der Waals surface area (Å²) in [6.07, 6.45) is 8.07. The predicted octanol–water partition coefficient (Wildman–Crippen LogP) is 3.39. The van der Waals surface area contributed by atoms with Crippen LogP contribution in [0.15, 0.2) is 12.2 Å². The van der Waals surface area contributed by atoms with E-state index in [-0.39, 0.29) is 0 Å². The Morgan fingerprint density at radius 2 is 2.18 bits per heavy atom. The molecule has 0 aromatic heterocycles. The predicted molar refractivity (Wildman–Crippen MR) is 57.3 cm³/mol. The van der Waals surface area contributed by atoms with Crippen molar-refractivity contribution in [2.24, 2.45) is 5.92 Å². The summed E-state index contributed by atoms with van der Waals surface area (Å²) in [5.74, 6) is 1.96. The molecule has 0 nitrogen and oxygen atoms in total. The maximum absolute atomic E-state index is 2.33. The van der Waals surface area contributed by atoms with Gasteiger partial charge in [0.1, 0.15) is 0 Å². The van der Waals surface area contributed by atoms with Gasteiger partial charge in [-0.2, -0.15) is 0 Å². The summed E-state index contributed by atoms with van der Waals surface area (Å²) < 4.78 is 0.467. The molecule has 0 aromatic rings. The van der Waals surface area contributed by atoms with Crippen molar-refractivity contribution in [3.63, 3.8) is 0 Å². The standard InChI is InChI=1S/C9H16S2/c1-8(2)9(10-3)6-4-5-7-11-9/h4-5,8H,6-7H2,1-3H3. The molecular formula is C9H16S2. The molecule has 1 rings (SSSR count). The minimum atomic E-state index is 0.467. The van der Waals surface area contributed by atoms with Crippen LogP contribution in [0.3, 0.4) is 0 Å². The molecule has 0 saturated carbocycles. The van der Waals surface area contributed by atoms with E-state index in [0.717, 1.165) is 5.92 Å². The smallest absolute Gasteiger partial charge is 0.0668 e. The summed E-state index contributed by atoms with van der Waals surface area (Å²) >= 11 is 4.11. The zero-order valence-electron chi connectivity index (χ0n) is 7.46. The number of thioether (sulfide) groups is 2. The molecule has 1 unspecified atom stereocenters. The van der Waals surface area contributed by atoms with Crippen molar-refractivity contribution in [3.05, 3.63) is 12.2 Å². The molecule has 11 heavy (non-hydrogen) atoms. The van der Waals surface area contributed by atoms with Gasteiger partial charge in [0, 0.05) is 5.75 Å². The van der Waals surface area contributed by atoms with Crippen LogP contribution in [-0.4, -0.2) is 16.1 Å². The maximum Gasteiger partial charge on any atom is 0.0668 e. The Morgan fingerprint density at radius 1 is 1.45 bits per heavy atom. The normalized spacial score (nSPS) is 31.3. The Hall–Kier alpha value is 0.440. The van der Waals surface area contributed by atoms with Crippen molar-refractivity contribution in [2.75, 3.05) is 12.0 Å². The van der Waals surface area contributed by atoms with Gasteiger partial charge in [-0.25, -0.2) is 0 Å². The molecule has 1 atom stereocenters. The van der Waals surface area contributed by atoms with Gasteiger partial charge in [0.15, 0.2) is 0 Å². The van der Waals surface area contributed by atoms with Crippen LogP contribution in [-0.2, 0) is 0 Å². The quantitative estimate of drug-likeness (QED) is 0.609. The third-order valence-corrected chi connectivity index (χ3v) is 5.89. The Kier molecular flexibility index (Phi) is 3.38. The fourth-order valence-corrected chi connectivity index (χ4v) is 3.82. The molecule has 0 radical (unpaired) electrons. The number of hydrogen-bond acceptors (Lipinski definition) is 2. The summed E-state index contributed by atoms with van der Waals surface area (Å²) in [6.45, 7) is 4.64. The highest BCUT2D eigenvalue weighted by molar-refractivity contribution is 8.18. The summed E-state index contributed by atoms with van der Waals surface area (Å²) in [5, 5.41) is 0. The average molecular weight is 188 g/mol. The fraction of sp³-hybridized carbons (Fsp3) is 0.778. The Balaban J connectivity index is 2.67. The number of hydrogen-bond donors (Lipinski definition) is 0. The monoisotopic (exact) mass is 188 g/mol. The van der Waals surface area contributed by atoms with E-state index in [1.54, 1.807) is 0 Å². The second-order valence-corrected chi connectivity index (χ2v) is 5.90. The first-order chi connectivity index (χ1) is 5.21. The topological polar surface area (TPSA) is 0 Å². The van der Waals surface area contributed by atoms with E-state index in [2.05, 4.69) is 44.0 Å². The molecule has 0 spiro atoms. The van der Waals surface area contributed by atoms with Crippen LogP contribution in [0.5, 0.6) is 0 Å². The van der Waals surface area contributed by atoms with Crippen LogP contribution in [0.25, 0.3) is 0 Å². The van der Waals surface area contributed by atoms with E-state index in [0.29, 0.717) is 4.08 Å². The van der Waals surface area contributed by atoms with Crippen molar-refractivity contribution in [2.45, 2.75) is 24.3 Å². The second-order valence-electron chi connectivity index (χ2n) is 3.16. The van der Waals surface area contributed by atoms with Crippen molar-refractivity contribution in [1.29, 1.82) is 0 Å². The number of allylic oxidation sites excluding steroid dienone is 1. The zero-order chi connectivity index (χ0) is 8.32. The lowest BCUT2D eigenvalue weighted by atomic mass is 10.1. The van der Waals surface area contributed by atoms with Gasteiger partial charge in [0.25, 0.3) is 0 Å². The minimum Gasteiger partial charge on any atom is -0.147 e. The molecular weight excluding hydrogens is 172 g/mol. The van der Waals surface area contributed by atoms with Crippen molar-refractivity contribution in [3.8, 4) is 0 Å². The van der Waals surface area contributed by atoms with Gasteiger partial charge < -0.3 is 0 Å². The molecule has 0 saturated heterocycles. The van der Waals surface area contributed by atoms with E-state index in [1.165, 1.54) is 12.2 Å². The lowest BCUT2D eigenvalue weighted by molar-refractivity contribution is 0.571. The summed E-state index contributed by atoms with van der Waals surface area (Å²) in [4.78, 5) is 0. The first-order valence-electron chi connectivity index (χ1n) is 4.05. The van der Waals surface area contributed by atoms with Crippen LogP contribution >= 0.6 is 23.5 Å². The third-order valence-electron chi connectivity index (χ3n) is 2.22. The van der Waals surface area contributed by atoms with E-state index in [9.17, 15) is 0 Å². The van der Waals surface area contributed by atoms with Crippen LogP contribution < -0.4 is 0 Å². The molecule has 2 heteroatoms. The number of rotatable bonds is 2. The highest BCUT2D eigenvalue weighted by atomic mass is 32.2. The van der Waals surface area contributed by atoms with Gasteiger partial charge in [-0.3, -0.25) is 0 Å². The zero-order valence-corrected chi connectivity index (χ0v) is 9.10. The lowest BCUT2D eigenvalue weighted by Crippen LogP contribution is -2.28. The van der Waals surface area contributed by atoms with Crippen molar-refractivity contribution >= 4 is 23.5 Å². The Bertz CT molecular complexity index is 152. The van der Waals surface area contributed by atoms with Gasteiger partial charge in [-0.1, -0.05) is 26.0 Å². The average Bonchev–Trinajstić information content (AvgIpc) is 2.05. The molecule has 0 bridgehead atoms. The summed E-state index contributed by atoms with van der Waals surface area (Å²) in [5.41, 5.74) is 0.